The Bertz CT molecular complexity index is 1340. The van der Waals surface area contributed by atoms with Crippen molar-refractivity contribution >= 4 is 23.5 Å². The van der Waals surface area contributed by atoms with Crippen LogP contribution in [0.25, 0.3) is 17.1 Å². The molecule has 166 valence electrons. The molecule has 1 N–H and O–H groups in total. The second kappa shape index (κ2) is 9.63. The molecule has 0 saturated carbocycles. The molecule has 0 aliphatic heterocycles. The highest BCUT2D eigenvalue weighted by atomic mass is 32.2. The van der Waals surface area contributed by atoms with Crippen molar-refractivity contribution in [3.63, 3.8) is 0 Å². The molecule has 2 aromatic heterocycles. The molecule has 33 heavy (non-hydrogen) atoms. The number of para-hydroxylation sites is 2. The molecule has 0 aliphatic rings. The quantitative estimate of drug-likeness (QED) is 0.397. The van der Waals surface area contributed by atoms with Crippen molar-refractivity contribution in [2.24, 2.45) is 0 Å². The maximum absolute atomic E-state index is 12.8. The van der Waals surface area contributed by atoms with Crippen molar-refractivity contribution in [3.8, 4) is 29.0 Å². The molecule has 0 unspecified atom stereocenters. The number of nitrogens with one attached hydrogen (secondary N) is 1. The highest BCUT2D eigenvalue weighted by Gasteiger charge is 2.21. The van der Waals surface area contributed by atoms with Crippen molar-refractivity contribution in [2.75, 3.05) is 18.2 Å². The standard InChI is InChI=1S/C24H21N5O3S/c1-15-16(2)29(17-9-5-4-6-10-17)22(19(15)13-25)26-21(30)14-33-24-28-27-23(32-24)18-11-7-8-12-20(18)31-3/h4-12H,14H2,1-3H3,(H,26,30). The number of rotatable bonds is 7. The predicted molar refractivity (Wildman–Crippen MR) is 126 cm³/mol. The Labute approximate surface area is 195 Å². The number of nitriles is 1. The summed E-state index contributed by atoms with van der Waals surface area (Å²) in [5.41, 5.74) is 3.68. The van der Waals surface area contributed by atoms with E-state index in [1.165, 1.54) is 0 Å². The van der Waals surface area contributed by atoms with Gasteiger partial charge in [-0.3, -0.25) is 9.36 Å². The minimum atomic E-state index is -0.289. The fourth-order valence-corrected chi connectivity index (χ4v) is 4.02. The van der Waals surface area contributed by atoms with Gasteiger partial charge in [0.15, 0.2) is 0 Å². The van der Waals surface area contributed by atoms with Crippen molar-refractivity contribution < 1.29 is 13.9 Å². The lowest BCUT2D eigenvalue weighted by Gasteiger charge is -2.12. The second-order valence-electron chi connectivity index (χ2n) is 7.13. The molecule has 0 atom stereocenters. The lowest BCUT2D eigenvalue weighted by molar-refractivity contribution is -0.113. The molecule has 0 bridgehead atoms. The van der Waals surface area contributed by atoms with Gasteiger partial charge in [0, 0.05) is 11.4 Å². The second-order valence-corrected chi connectivity index (χ2v) is 8.05. The van der Waals surface area contributed by atoms with Gasteiger partial charge in [-0.15, -0.1) is 10.2 Å². The SMILES string of the molecule is COc1ccccc1-c1nnc(SCC(=O)Nc2c(C#N)c(C)c(C)n2-c2ccccc2)o1. The summed E-state index contributed by atoms with van der Waals surface area (Å²) in [6.07, 6.45) is 0. The van der Waals surface area contributed by atoms with Gasteiger partial charge in [0.25, 0.3) is 11.1 Å². The maximum Gasteiger partial charge on any atom is 0.277 e. The van der Waals surface area contributed by atoms with Gasteiger partial charge in [-0.2, -0.15) is 5.26 Å². The largest absolute Gasteiger partial charge is 0.496 e. The Morgan fingerprint density at radius 3 is 2.61 bits per heavy atom. The van der Waals surface area contributed by atoms with E-state index in [0.29, 0.717) is 28.6 Å². The molecule has 1 amide bonds. The van der Waals surface area contributed by atoms with Gasteiger partial charge in [0.05, 0.1) is 24.0 Å². The van der Waals surface area contributed by atoms with Gasteiger partial charge in [0.2, 0.25) is 5.91 Å². The van der Waals surface area contributed by atoms with Crippen molar-refractivity contribution in [2.45, 2.75) is 19.1 Å². The highest BCUT2D eigenvalue weighted by Crippen LogP contribution is 2.32. The van der Waals surface area contributed by atoms with Crippen molar-refractivity contribution in [3.05, 3.63) is 71.4 Å². The number of thioether (sulfide) groups is 1. The van der Waals surface area contributed by atoms with Crippen molar-refractivity contribution in [1.82, 2.24) is 14.8 Å². The third-order valence-electron chi connectivity index (χ3n) is 5.17. The van der Waals surface area contributed by atoms with Crippen LogP contribution in [0.1, 0.15) is 16.8 Å². The first-order valence-electron chi connectivity index (χ1n) is 10.1. The number of anilines is 1. The summed E-state index contributed by atoms with van der Waals surface area (Å²) in [6, 6.07) is 19.1. The Hall–Kier alpha value is -4.03. The molecule has 8 nitrogen and oxygen atoms in total. The Balaban J connectivity index is 1.51. The molecule has 0 radical (unpaired) electrons. The predicted octanol–water partition coefficient (Wildman–Crippen LogP) is 4.76. The molecule has 0 fully saturated rings. The average molecular weight is 460 g/mol. The minimum Gasteiger partial charge on any atom is -0.496 e. The first-order chi connectivity index (χ1) is 16.0. The van der Waals surface area contributed by atoms with Crippen LogP contribution in [0.3, 0.4) is 0 Å². The van der Waals surface area contributed by atoms with Crippen LogP contribution < -0.4 is 10.1 Å². The van der Waals surface area contributed by atoms with E-state index in [9.17, 15) is 10.1 Å². The van der Waals surface area contributed by atoms with Gasteiger partial charge in [-0.1, -0.05) is 42.1 Å². The molecule has 2 aromatic carbocycles. The van der Waals surface area contributed by atoms with Crippen LogP contribution in [0.4, 0.5) is 5.82 Å². The number of carbonyl (C=O) groups excluding carboxylic acids is 1. The first-order valence-corrected chi connectivity index (χ1v) is 11.1. The monoisotopic (exact) mass is 459 g/mol. The number of ether oxygens (including phenoxy) is 1. The molecule has 0 saturated heterocycles. The third kappa shape index (κ3) is 4.47. The molecule has 0 spiro atoms. The van der Waals surface area contributed by atoms with E-state index in [1.807, 2.05) is 66.9 Å². The Morgan fingerprint density at radius 2 is 1.88 bits per heavy atom. The summed E-state index contributed by atoms with van der Waals surface area (Å²) >= 11 is 1.12. The molecule has 2 heterocycles. The molecule has 9 heteroatoms. The molecular formula is C24H21N5O3S. The van der Waals surface area contributed by atoms with Crippen LogP contribution in [-0.2, 0) is 4.79 Å². The summed E-state index contributed by atoms with van der Waals surface area (Å²) in [5, 5.41) is 20.9. The summed E-state index contributed by atoms with van der Waals surface area (Å²) in [6.45, 7) is 3.79. The lowest BCUT2D eigenvalue weighted by Crippen LogP contribution is -2.17. The number of carbonyl (C=O) groups is 1. The summed E-state index contributed by atoms with van der Waals surface area (Å²) < 4.78 is 12.9. The number of hydrogen-bond donors (Lipinski definition) is 1. The maximum atomic E-state index is 12.8. The minimum absolute atomic E-state index is 0.0382. The van der Waals surface area contributed by atoms with Gasteiger partial charge in [-0.05, 0) is 43.7 Å². The van der Waals surface area contributed by atoms with Crippen LogP contribution in [-0.4, -0.2) is 33.5 Å². The first kappa shape index (κ1) is 22.2. The zero-order chi connectivity index (χ0) is 23.4. The van der Waals surface area contributed by atoms with Crippen LogP contribution >= 0.6 is 11.8 Å². The smallest absolute Gasteiger partial charge is 0.277 e. The summed E-state index contributed by atoms with van der Waals surface area (Å²) in [7, 11) is 1.57. The molecule has 0 aliphatic carbocycles. The third-order valence-corrected chi connectivity index (χ3v) is 5.99. The van der Waals surface area contributed by atoms with E-state index in [4.69, 9.17) is 9.15 Å². The van der Waals surface area contributed by atoms with E-state index in [1.54, 1.807) is 13.2 Å². The van der Waals surface area contributed by atoms with Gasteiger partial charge in [0.1, 0.15) is 17.6 Å². The van der Waals surface area contributed by atoms with Crippen LogP contribution in [0.2, 0.25) is 0 Å². The topological polar surface area (TPSA) is 106 Å². The number of benzene rings is 2. The van der Waals surface area contributed by atoms with Crippen molar-refractivity contribution in [1.29, 1.82) is 5.26 Å². The van der Waals surface area contributed by atoms with E-state index in [2.05, 4.69) is 21.6 Å². The average Bonchev–Trinajstić information content (AvgIpc) is 3.41. The summed E-state index contributed by atoms with van der Waals surface area (Å²) in [5.74, 6) is 1.13. The number of methoxy groups -OCH3 is 1. The van der Waals surface area contributed by atoms with E-state index in [0.717, 1.165) is 28.7 Å². The van der Waals surface area contributed by atoms with Gasteiger partial charge in [-0.25, -0.2) is 0 Å². The van der Waals surface area contributed by atoms with E-state index >= 15 is 0 Å². The fourth-order valence-electron chi connectivity index (χ4n) is 3.45. The lowest BCUT2D eigenvalue weighted by atomic mass is 10.2. The number of hydrogen-bond acceptors (Lipinski definition) is 7. The molecule has 4 aromatic rings. The summed E-state index contributed by atoms with van der Waals surface area (Å²) in [4.78, 5) is 12.8. The van der Waals surface area contributed by atoms with Gasteiger partial charge >= 0.3 is 0 Å². The normalized spacial score (nSPS) is 10.6. The number of amides is 1. The van der Waals surface area contributed by atoms with E-state index < -0.39 is 0 Å². The highest BCUT2D eigenvalue weighted by molar-refractivity contribution is 7.99. The Morgan fingerprint density at radius 1 is 1.15 bits per heavy atom. The fraction of sp³-hybridized carbons (Fsp3) is 0.167. The number of aromatic nitrogens is 3. The number of nitrogens with zero attached hydrogens (tertiary/aromatic N) is 4. The van der Waals surface area contributed by atoms with E-state index in [-0.39, 0.29) is 16.9 Å². The molecule has 4 rings (SSSR count). The van der Waals surface area contributed by atoms with Crippen LogP contribution in [0.5, 0.6) is 5.75 Å². The molecular weight excluding hydrogens is 438 g/mol. The van der Waals surface area contributed by atoms with Crippen LogP contribution in [0, 0.1) is 25.2 Å². The zero-order valence-corrected chi connectivity index (χ0v) is 19.1. The zero-order valence-electron chi connectivity index (χ0n) is 18.3. The Kier molecular flexibility index (Phi) is 6.47. The van der Waals surface area contributed by atoms with Gasteiger partial charge < -0.3 is 14.5 Å². The van der Waals surface area contributed by atoms with Crippen LogP contribution in [0.15, 0.2) is 64.2 Å².